The van der Waals surface area contributed by atoms with Gasteiger partial charge in [-0.1, -0.05) is 17.7 Å². The first-order valence-electron chi connectivity index (χ1n) is 3.82. The van der Waals surface area contributed by atoms with Crippen molar-refractivity contribution in [1.29, 1.82) is 0 Å². The summed E-state index contributed by atoms with van der Waals surface area (Å²) in [6.07, 6.45) is 4.15. The third-order valence-electron chi connectivity index (χ3n) is 2.16. The Labute approximate surface area is 69.7 Å². The standard InChI is InChI=1S/C9H8O3/c1-5-2-3-6-7(4-5)9(11)12-8(6)10/h2-3,7H,4H2,1H3. The van der Waals surface area contributed by atoms with Crippen LogP contribution in [0.1, 0.15) is 13.3 Å². The molecule has 0 amide bonds. The average Bonchev–Trinajstić information content (AvgIpc) is 2.28. The molecule has 1 fully saturated rings. The SMILES string of the molecule is CC1=CC=C2C(=O)OC(=O)C2C1. The zero-order valence-corrected chi connectivity index (χ0v) is 6.66. The average molecular weight is 164 g/mol. The lowest BCUT2D eigenvalue weighted by Gasteiger charge is -2.09. The zero-order chi connectivity index (χ0) is 8.72. The summed E-state index contributed by atoms with van der Waals surface area (Å²) in [7, 11) is 0. The molecule has 3 nitrogen and oxygen atoms in total. The summed E-state index contributed by atoms with van der Waals surface area (Å²) in [6, 6.07) is 0. The van der Waals surface area contributed by atoms with Crippen LogP contribution in [0.4, 0.5) is 0 Å². The van der Waals surface area contributed by atoms with Crippen molar-refractivity contribution in [2.45, 2.75) is 13.3 Å². The first-order chi connectivity index (χ1) is 5.68. The normalized spacial score (nSPS) is 27.6. The van der Waals surface area contributed by atoms with Crippen molar-refractivity contribution in [2.75, 3.05) is 0 Å². The largest absolute Gasteiger partial charge is 0.389 e. The molecule has 2 aliphatic rings. The fourth-order valence-electron chi connectivity index (χ4n) is 1.49. The van der Waals surface area contributed by atoms with Gasteiger partial charge >= 0.3 is 11.9 Å². The van der Waals surface area contributed by atoms with Gasteiger partial charge < -0.3 is 4.74 Å². The molecule has 1 aliphatic carbocycles. The van der Waals surface area contributed by atoms with Crippen molar-refractivity contribution in [3.05, 3.63) is 23.3 Å². The van der Waals surface area contributed by atoms with Crippen LogP contribution in [0.25, 0.3) is 0 Å². The fraction of sp³-hybridized carbons (Fsp3) is 0.333. The van der Waals surface area contributed by atoms with Gasteiger partial charge in [0.2, 0.25) is 0 Å². The van der Waals surface area contributed by atoms with E-state index in [1.54, 1.807) is 6.08 Å². The van der Waals surface area contributed by atoms with Crippen molar-refractivity contribution in [1.82, 2.24) is 0 Å². The van der Waals surface area contributed by atoms with E-state index in [9.17, 15) is 9.59 Å². The van der Waals surface area contributed by atoms with Crippen LogP contribution >= 0.6 is 0 Å². The second-order valence-corrected chi connectivity index (χ2v) is 3.10. The molecule has 1 atom stereocenters. The summed E-state index contributed by atoms with van der Waals surface area (Å²) < 4.78 is 4.48. The minimum Gasteiger partial charge on any atom is -0.389 e. The maximum absolute atomic E-state index is 11.1. The molecule has 62 valence electrons. The summed E-state index contributed by atoms with van der Waals surface area (Å²) in [5.74, 6) is -1.21. The van der Waals surface area contributed by atoms with E-state index in [0.29, 0.717) is 12.0 Å². The topological polar surface area (TPSA) is 43.4 Å². The van der Waals surface area contributed by atoms with Crippen molar-refractivity contribution >= 4 is 11.9 Å². The van der Waals surface area contributed by atoms with E-state index in [1.165, 1.54) is 0 Å². The maximum atomic E-state index is 11.1. The Morgan fingerprint density at radius 3 is 2.92 bits per heavy atom. The Morgan fingerprint density at radius 1 is 1.42 bits per heavy atom. The number of rotatable bonds is 0. The van der Waals surface area contributed by atoms with Crippen LogP contribution in [-0.2, 0) is 14.3 Å². The Hall–Kier alpha value is -1.38. The molecule has 12 heavy (non-hydrogen) atoms. The summed E-state index contributed by atoms with van der Waals surface area (Å²) >= 11 is 0. The van der Waals surface area contributed by atoms with E-state index < -0.39 is 11.9 Å². The summed E-state index contributed by atoms with van der Waals surface area (Å²) in [4.78, 5) is 22.0. The van der Waals surface area contributed by atoms with Crippen LogP contribution in [0.3, 0.4) is 0 Å². The Kier molecular flexibility index (Phi) is 1.40. The van der Waals surface area contributed by atoms with Gasteiger partial charge in [0.05, 0.1) is 11.5 Å². The van der Waals surface area contributed by atoms with Gasteiger partial charge in [-0.3, -0.25) is 4.79 Å². The molecular weight excluding hydrogens is 156 g/mol. The molecule has 0 aromatic carbocycles. The van der Waals surface area contributed by atoms with E-state index >= 15 is 0 Å². The van der Waals surface area contributed by atoms with Gasteiger partial charge in [0, 0.05) is 0 Å². The first kappa shape index (κ1) is 7.28. The van der Waals surface area contributed by atoms with Crippen LogP contribution < -0.4 is 0 Å². The predicted octanol–water partition coefficient (Wildman–Crippen LogP) is 0.962. The third-order valence-corrected chi connectivity index (χ3v) is 2.16. The molecule has 3 heteroatoms. The lowest BCUT2D eigenvalue weighted by Crippen LogP contribution is -2.11. The molecule has 1 aliphatic heterocycles. The number of fused-ring (bicyclic) bond motifs is 1. The van der Waals surface area contributed by atoms with Gasteiger partial charge in [-0.25, -0.2) is 4.79 Å². The van der Waals surface area contributed by atoms with Crippen LogP contribution in [0, 0.1) is 5.92 Å². The highest BCUT2D eigenvalue weighted by atomic mass is 16.6. The number of esters is 2. The number of hydrogen-bond donors (Lipinski definition) is 0. The Balaban J connectivity index is 2.41. The summed E-state index contributed by atoms with van der Waals surface area (Å²) in [6.45, 7) is 1.93. The van der Waals surface area contributed by atoms with E-state index in [2.05, 4.69) is 4.74 Å². The highest BCUT2D eigenvalue weighted by Gasteiger charge is 2.39. The van der Waals surface area contributed by atoms with Crippen LogP contribution in [-0.4, -0.2) is 11.9 Å². The molecule has 0 saturated carbocycles. The summed E-state index contributed by atoms with van der Waals surface area (Å²) in [5, 5.41) is 0. The highest BCUT2D eigenvalue weighted by Crippen LogP contribution is 2.31. The lowest BCUT2D eigenvalue weighted by atomic mass is 9.90. The van der Waals surface area contributed by atoms with E-state index in [0.717, 1.165) is 5.57 Å². The molecule has 1 saturated heterocycles. The van der Waals surface area contributed by atoms with Gasteiger partial charge in [0.1, 0.15) is 0 Å². The lowest BCUT2D eigenvalue weighted by molar-refractivity contribution is -0.152. The molecule has 0 N–H and O–H groups in total. The number of hydrogen-bond acceptors (Lipinski definition) is 3. The van der Waals surface area contributed by atoms with Crippen LogP contribution in [0.5, 0.6) is 0 Å². The summed E-state index contributed by atoms with van der Waals surface area (Å²) in [5.41, 5.74) is 1.61. The van der Waals surface area contributed by atoms with Gasteiger partial charge in [-0.2, -0.15) is 0 Å². The number of allylic oxidation sites excluding steroid dienone is 3. The number of ether oxygens (including phenoxy) is 1. The minimum atomic E-state index is -0.478. The van der Waals surface area contributed by atoms with Crippen molar-refractivity contribution in [2.24, 2.45) is 5.92 Å². The van der Waals surface area contributed by atoms with Crippen molar-refractivity contribution in [3.63, 3.8) is 0 Å². The first-order valence-corrected chi connectivity index (χ1v) is 3.82. The molecule has 1 unspecified atom stereocenters. The Morgan fingerprint density at radius 2 is 2.17 bits per heavy atom. The van der Waals surface area contributed by atoms with E-state index in [4.69, 9.17) is 0 Å². The quantitative estimate of drug-likeness (QED) is 0.395. The molecule has 1 heterocycles. The monoisotopic (exact) mass is 164 g/mol. The second kappa shape index (κ2) is 2.30. The number of carbonyl (C=O) groups is 2. The zero-order valence-electron chi connectivity index (χ0n) is 6.66. The predicted molar refractivity (Wildman–Crippen MR) is 41.0 cm³/mol. The van der Waals surface area contributed by atoms with E-state index in [-0.39, 0.29) is 5.92 Å². The molecular formula is C9H8O3. The maximum Gasteiger partial charge on any atom is 0.342 e. The smallest absolute Gasteiger partial charge is 0.342 e. The molecule has 0 radical (unpaired) electrons. The van der Waals surface area contributed by atoms with Crippen molar-refractivity contribution in [3.8, 4) is 0 Å². The molecule has 0 bridgehead atoms. The molecule has 0 aromatic heterocycles. The van der Waals surface area contributed by atoms with Gasteiger partial charge in [0.25, 0.3) is 0 Å². The van der Waals surface area contributed by atoms with E-state index in [1.807, 2.05) is 13.0 Å². The molecule has 0 spiro atoms. The van der Waals surface area contributed by atoms with Gasteiger partial charge in [0.15, 0.2) is 0 Å². The van der Waals surface area contributed by atoms with Crippen LogP contribution in [0.15, 0.2) is 23.3 Å². The van der Waals surface area contributed by atoms with Gasteiger partial charge in [-0.05, 0) is 13.3 Å². The van der Waals surface area contributed by atoms with Crippen molar-refractivity contribution < 1.29 is 14.3 Å². The Bertz CT molecular complexity index is 323. The molecule has 2 rings (SSSR count). The number of cyclic esters (lactones) is 2. The fourth-order valence-corrected chi connectivity index (χ4v) is 1.49. The third kappa shape index (κ3) is 0.897. The van der Waals surface area contributed by atoms with Gasteiger partial charge in [-0.15, -0.1) is 0 Å². The second-order valence-electron chi connectivity index (χ2n) is 3.10. The molecule has 0 aromatic rings. The minimum absolute atomic E-state index is 0.331. The van der Waals surface area contributed by atoms with Crippen LogP contribution in [0.2, 0.25) is 0 Å². The number of carbonyl (C=O) groups excluding carboxylic acids is 2. The highest BCUT2D eigenvalue weighted by molar-refractivity contribution is 6.08.